The Morgan fingerprint density at radius 1 is 1.42 bits per heavy atom. The van der Waals surface area contributed by atoms with Crippen molar-refractivity contribution in [2.45, 2.75) is 51.5 Å². The zero-order chi connectivity index (χ0) is 13.9. The second kappa shape index (κ2) is 5.44. The summed E-state index contributed by atoms with van der Waals surface area (Å²) < 4.78 is 0. The zero-order valence-corrected chi connectivity index (χ0v) is 11.6. The Kier molecular flexibility index (Phi) is 3.90. The van der Waals surface area contributed by atoms with Crippen molar-refractivity contribution in [3.63, 3.8) is 0 Å². The molecule has 2 rings (SSSR count). The SMILES string of the molecule is CC[C@](C)(C#N)NC(=O)Cc1ccc2c(c1)CCC2. The molecule has 1 N–H and O–H groups in total. The summed E-state index contributed by atoms with van der Waals surface area (Å²) in [7, 11) is 0. The Hall–Kier alpha value is -1.82. The molecule has 0 bridgehead atoms. The topological polar surface area (TPSA) is 52.9 Å². The maximum absolute atomic E-state index is 12.0. The van der Waals surface area contributed by atoms with Crippen LogP contribution in [-0.2, 0) is 24.1 Å². The molecule has 0 heterocycles. The fraction of sp³-hybridized carbons (Fsp3) is 0.500. The summed E-state index contributed by atoms with van der Waals surface area (Å²) in [5.74, 6) is -0.0798. The molecule has 0 radical (unpaired) electrons. The van der Waals surface area contributed by atoms with Crippen molar-refractivity contribution >= 4 is 5.91 Å². The Bertz CT molecular complexity index is 530. The van der Waals surface area contributed by atoms with Crippen molar-refractivity contribution in [3.8, 4) is 6.07 Å². The number of hydrogen-bond donors (Lipinski definition) is 1. The molecule has 3 heteroatoms. The van der Waals surface area contributed by atoms with Crippen LogP contribution in [0.3, 0.4) is 0 Å². The normalized spacial score (nSPS) is 16.3. The number of carbonyl (C=O) groups excluding carboxylic acids is 1. The van der Waals surface area contributed by atoms with Gasteiger partial charge < -0.3 is 5.32 Å². The Balaban J connectivity index is 2.02. The number of benzene rings is 1. The van der Waals surface area contributed by atoms with Crippen molar-refractivity contribution < 1.29 is 4.79 Å². The van der Waals surface area contributed by atoms with Gasteiger partial charge in [0, 0.05) is 0 Å². The highest BCUT2D eigenvalue weighted by Crippen LogP contribution is 2.23. The van der Waals surface area contributed by atoms with Gasteiger partial charge in [0.2, 0.25) is 5.91 Å². The van der Waals surface area contributed by atoms with Crippen molar-refractivity contribution in [1.29, 1.82) is 5.26 Å². The Morgan fingerprint density at radius 2 is 2.16 bits per heavy atom. The average Bonchev–Trinajstić information content (AvgIpc) is 2.85. The van der Waals surface area contributed by atoms with Crippen LogP contribution in [0.5, 0.6) is 0 Å². The van der Waals surface area contributed by atoms with Gasteiger partial charge in [-0.05, 0) is 49.3 Å². The van der Waals surface area contributed by atoms with Crippen LogP contribution in [0.4, 0.5) is 0 Å². The van der Waals surface area contributed by atoms with E-state index in [1.165, 1.54) is 17.5 Å². The fourth-order valence-corrected chi connectivity index (χ4v) is 2.47. The van der Waals surface area contributed by atoms with E-state index in [-0.39, 0.29) is 5.91 Å². The maximum Gasteiger partial charge on any atom is 0.225 e. The van der Waals surface area contributed by atoms with Gasteiger partial charge in [0.05, 0.1) is 12.5 Å². The van der Waals surface area contributed by atoms with E-state index in [2.05, 4.69) is 23.5 Å². The number of hydrogen-bond acceptors (Lipinski definition) is 2. The smallest absolute Gasteiger partial charge is 0.225 e. The standard InChI is InChI=1S/C16H20N2O/c1-3-16(2,11-17)18-15(19)10-12-7-8-13-5-4-6-14(13)9-12/h7-9H,3-6,10H2,1-2H3,(H,18,19)/t16-/m1/s1. The van der Waals surface area contributed by atoms with Crippen LogP contribution in [0.1, 0.15) is 43.4 Å². The molecule has 0 aliphatic heterocycles. The molecule has 19 heavy (non-hydrogen) atoms. The molecule has 1 atom stereocenters. The summed E-state index contributed by atoms with van der Waals surface area (Å²) >= 11 is 0. The largest absolute Gasteiger partial charge is 0.338 e. The zero-order valence-electron chi connectivity index (χ0n) is 11.6. The summed E-state index contributed by atoms with van der Waals surface area (Å²) in [5, 5.41) is 11.9. The summed E-state index contributed by atoms with van der Waals surface area (Å²) in [5.41, 5.74) is 3.08. The van der Waals surface area contributed by atoms with Crippen LogP contribution in [0.2, 0.25) is 0 Å². The lowest BCUT2D eigenvalue weighted by molar-refractivity contribution is -0.121. The number of nitriles is 1. The third kappa shape index (κ3) is 3.14. The Morgan fingerprint density at radius 3 is 2.84 bits per heavy atom. The molecule has 0 saturated heterocycles. The first-order valence-electron chi connectivity index (χ1n) is 6.89. The van der Waals surface area contributed by atoms with E-state index in [4.69, 9.17) is 5.26 Å². The van der Waals surface area contributed by atoms with Gasteiger partial charge in [-0.15, -0.1) is 0 Å². The van der Waals surface area contributed by atoms with E-state index in [1.54, 1.807) is 6.92 Å². The number of rotatable bonds is 4. The minimum absolute atomic E-state index is 0.0798. The third-order valence-electron chi connectivity index (χ3n) is 3.90. The quantitative estimate of drug-likeness (QED) is 0.900. The highest BCUT2D eigenvalue weighted by molar-refractivity contribution is 5.79. The molecule has 1 aliphatic rings. The van der Waals surface area contributed by atoms with Gasteiger partial charge in [-0.25, -0.2) is 0 Å². The summed E-state index contributed by atoms with van der Waals surface area (Å²) in [6.45, 7) is 3.66. The summed E-state index contributed by atoms with van der Waals surface area (Å²) in [6.07, 6.45) is 4.46. The van der Waals surface area contributed by atoms with Crippen LogP contribution in [0.25, 0.3) is 0 Å². The second-order valence-electron chi connectivity index (χ2n) is 5.48. The molecule has 1 aromatic rings. The first kappa shape index (κ1) is 13.6. The van der Waals surface area contributed by atoms with E-state index >= 15 is 0 Å². The van der Waals surface area contributed by atoms with E-state index in [1.807, 2.05) is 13.0 Å². The molecule has 0 unspecified atom stereocenters. The van der Waals surface area contributed by atoms with Crippen LogP contribution < -0.4 is 5.32 Å². The minimum Gasteiger partial charge on any atom is -0.338 e. The number of nitrogens with one attached hydrogen (secondary N) is 1. The van der Waals surface area contributed by atoms with E-state index in [0.29, 0.717) is 12.8 Å². The van der Waals surface area contributed by atoms with E-state index in [0.717, 1.165) is 18.4 Å². The second-order valence-corrected chi connectivity index (χ2v) is 5.48. The number of nitrogens with zero attached hydrogens (tertiary/aromatic N) is 1. The lowest BCUT2D eigenvalue weighted by Crippen LogP contribution is -2.44. The number of amides is 1. The van der Waals surface area contributed by atoms with Crippen molar-refractivity contribution in [3.05, 3.63) is 34.9 Å². The Labute approximate surface area is 114 Å². The molecule has 0 saturated carbocycles. The van der Waals surface area contributed by atoms with Crippen LogP contribution in [-0.4, -0.2) is 11.4 Å². The molecule has 0 fully saturated rings. The van der Waals surface area contributed by atoms with E-state index in [9.17, 15) is 4.79 Å². The predicted octanol–water partition coefficient (Wildman–Crippen LogP) is 2.53. The first-order valence-corrected chi connectivity index (χ1v) is 6.89. The van der Waals surface area contributed by atoms with Gasteiger partial charge in [0.15, 0.2) is 0 Å². The number of carbonyl (C=O) groups is 1. The fourth-order valence-electron chi connectivity index (χ4n) is 2.47. The van der Waals surface area contributed by atoms with Crippen molar-refractivity contribution in [1.82, 2.24) is 5.32 Å². The minimum atomic E-state index is -0.756. The lowest BCUT2D eigenvalue weighted by Gasteiger charge is -2.21. The molecule has 0 spiro atoms. The molecule has 100 valence electrons. The number of aryl methyl sites for hydroxylation is 2. The average molecular weight is 256 g/mol. The van der Waals surface area contributed by atoms with Crippen LogP contribution >= 0.6 is 0 Å². The molecular formula is C16H20N2O. The molecular weight excluding hydrogens is 236 g/mol. The van der Waals surface area contributed by atoms with E-state index < -0.39 is 5.54 Å². The molecule has 0 aromatic heterocycles. The van der Waals surface area contributed by atoms with Crippen LogP contribution in [0.15, 0.2) is 18.2 Å². The van der Waals surface area contributed by atoms with Gasteiger partial charge in [-0.3, -0.25) is 4.79 Å². The van der Waals surface area contributed by atoms with Gasteiger partial charge in [0.25, 0.3) is 0 Å². The highest BCUT2D eigenvalue weighted by atomic mass is 16.1. The highest BCUT2D eigenvalue weighted by Gasteiger charge is 2.23. The van der Waals surface area contributed by atoms with Gasteiger partial charge in [-0.1, -0.05) is 25.1 Å². The van der Waals surface area contributed by atoms with Crippen molar-refractivity contribution in [2.24, 2.45) is 0 Å². The van der Waals surface area contributed by atoms with Gasteiger partial charge in [-0.2, -0.15) is 5.26 Å². The lowest BCUT2D eigenvalue weighted by atomic mass is 9.99. The first-order chi connectivity index (χ1) is 9.06. The summed E-state index contributed by atoms with van der Waals surface area (Å²) in [6, 6.07) is 8.45. The molecule has 1 aromatic carbocycles. The molecule has 1 amide bonds. The summed E-state index contributed by atoms with van der Waals surface area (Å²) in [4.78, 5) is 12.0. The maximum atomic E-state index is 12.0. The van der Waals surface area contributed by atoms with Crippen molar-refractivity contribution in [2.75, 3.05) is 0 Å². The van der Waals surface area contributed by atoms with Crippen LogP contribution in [0, 0.1) is 11.3 Å². The predicted molar refractivity (Wildman–Crippen MR) is 74.6 cm³/mol. The molecule has 3 nitrogen and oxygen atoms in total. The van der Waals surface area contributed by atoms with Gasteiger partial charge >= 0.3 is 0 Å². The third-order valence-corrected chi connectivity index (χ3v) is 3.90. The number of fused-ring (bicyclic) bond motifs is 1. The molecule has 1 aliphatic carbocycles. The monoisotopic (exact) mass is 256 g/mol. The van der Waals surface area contributed by atoms with Gasteiger partial charge in [0.1, 0.15) is 5.54 Å².